The van der Waals surface area contributed by atoms with Crippen LogP contribution in [0.15, 0.2) is 72.9 Å². The number of nitrogens with zero attached hydrogens (tertiary/aromatic N) is 1. The maximum atomic E-state index is 12.9. The van der Waals surface area contributed by atoms with Gasteiger partial charge in [-0.25, -0.2) is 4.57 Å². The molecule has 0 spiro atoms. The molecule has 0 rings (SSSR count). The molecule has 9 nitrogen and oxygen atoms in total. The molecule has 0 aliphatic rings. The van der Waals surface area contributed by atoms with Crippen LogP contribution in [-0.2, 0) is 32.7 Å². The van der Waals surface area contributed by atoms with Crippen molar-refractivity contribution in [3.63, 3.8) is 0 Å². The Morgan fingerprint density at radius 1 is 0.390 bits per heavy atom. The van der Waals surface area contributed by atoms with E-state index in [0.29, 0.717) is 17.4 Å². The molecule has 10 heteroatoms. The lowest BCUT2D eigenvalue weighted by atomic mass is 10.0. The van der Waals surface area contributed by atoms with Crippen LogP contribution in [0, 0.1) is 0 Å². The fraction of sp³-hybridized carbons (Fsp3) is 0.806. The Hall–Kier alpha value is -2.55. The van der Waals surface area contributed by atoms with Crippen LogP contribution >= 0.6 is 7.82 Å². The second-order valence-electron chi connectivity index (χ2n) is 24.5. The van der Waals surface area contributed by atoms with Crippen molar-refractivity contribution in [2.24, 2.45) is 0 Å². The van der Waals surface area contributed by atoms with Gasteiger partial charge in [-0.3, -0.25) is 18.6 Å². The molecule has 0 bridgehead atoms. The molecule has 0 heterocycles. The summed E-state index contributed by atoms with van der Waals surface area (Å²) in [6.07, 6.45) is 84.4. The van der Waals surface area contributed by atoms with E-state index in [1.165, 1.54) is 212 Å². The first-order valence-corrected chi connectivity index (χ1v) is 36.2. The van der Waals surface area contributed by atoms with Crippen LogP contribution in [0.4, 0.5) is 0 Å². The number of hydrogen-bond donors (Lipinski definition) is 1. The van der Waals surface area contributed by atoms with Crippen molar-refractivity contribution in [2.45, 2.75) is 328 Å². The number of rotatable bonds is 64. The highest BCUT2D eigenvalue weighted by atomic mass is 31.2. The van der Waals surface area contributed by atoms with Crippen LogP contribution in [0.25, 0.3) is 0 Å². The molecule has 0 radical (unpaired) electrons. The Kier molecular flexibility index (Phi) is 61.0. The first kappa shape index (κ1) is 79.5. The molecular formula is C72H133NO8P+. The highest BCUT2D eigenvalue weighted by molar-refractivity contribution is 7.47. The molecule has 2 atom stereocenters. The van der Waals surface area contributed by atoms with Gasteiger partial charge in [-0.05, 0) is 83.5 Å². The summed E-state index contributed by atoms with van der Waals surface area (Å²) < 4.78 is 34.7. The number of phosphoric acid groups is 1. The third-order valence-corrected chi connectivity index (χ3v) is 16.2. The smallest absolute Gasteiger partial charge is 0.462 e. The van der Waals surface area contributed by atoms with E-state index in [-0.39, 0.29) is 32.0 Å². The zero-order valence-corrected chi connectivity index (χ0v) is 55.4. The minimum absolute atomic E-state index is 0.0278. The molecule has 2 unspecified atom stereocenters. The number of ether oxygens (including phenoxy) is 2. The van der Waals surface area contributed by atoms with E-state index in [4.69, 9.17) is 18.5 Å². The standard InChI is InChI=1S/C72H132NO8P/c1-6-8-10-12-14-16-18-20-22-24-26-28-30-31-32-33-34-35-36-37-38-39-40-41-43-44-46-48-50-52-54-56-58-60-62-64-71(74)78-68-70(69-80-82(76,77)79-67-66-73(3,4)5)81-72(75)65-63-61-59-57-55-53-51-49-47-45-42-29-27-25-23-21-19-17-15-13-11-9-7-2/h9,11,15,17,21,23-24,26-27,29,45,47,70H,6-8,10,12-14,16,18-20,22,25,28,30-44,46,48-69H2,1-5H3/p+1/b11-9-,17-15-,23-21-,26-24-,29-27-,47-45-. The summed E-state index contributed by atoms with van der Waals surface area (Å²) in [4.78, 5) is 35.8. The van der Waals surface area contributed by atoms with E-state index >= 15 is 0 Å². The second kappa shape index (κ2) is 63.0. The molecule has 0 aliphatic heterocycles. The van der Waals surface area contributed by atoms with Crippen LogP contribution in [0.5, 0.6) is 0 Å². The summed E-state index contributed by atoms with van der Waals surface area (Å²) in [5.74, 6) is -0.800. The highest BCUT2D eigenvalue weighted by Crippen LogP contribution is 2.43. The van der Waals surface area contributed by atoms with Crippen molar-refractivity contribution < 1.29 is 42.1 Å². The van der Waals surface area contributed by atoms with Crippen molar-refractivity contribution in [2.75, 3.05) is 47.5 Å². The Morgan fingerprint density at radius 2 is 0.695 bits per heavy atom. The van der Waals surface area contributed by atoms with Gasteiger partial charge in [0, 0.05) is 12.8 Å². The summed E-state index contributed by atoms with van der Waals surface area (Å²) in [6, 6.07) is 0. The van der Waals surface area contributed by atoms with Crippen molar-refractivity contribution >= 4 is 19.8 Å². The number of quaternary nitrogens is 1. The van der Waals surface area contributed by atoms with Crippen LogP contribution in [0.1, 0.15) is 322 Å². The molecule has 82 heavy (non-hydrogen) atoms. The number of esters is 2. The topological polar surface area (TPSA) is 108 Å². The van der Waals surface area contributed by atoms with Gasteiger partial charge in [0.1, 0.15) is 19.8 Å². The second-order valence-corrected chi connectivity index (χ2v) is 26.0. The van der Waals surface area contributed by atoms with Crippen LogP contribution in [0.2, 0.25) is 0 Å². The molecule has 0 fully saturated rings. The number of carbonyl (C=O) groups is 2. The summed E-state index contributed by atoms with van der Waals surface area (Å²) in [5.41, 5.74) is 0. The largest absolute Gasteiger partial charge is 0.472 e. The molecule has 1 N–H and O–H groups in total. The van der Waals surface area contributed by atoms with E-state index in [2.05, 4.69) is 86.8 Å². The van der Waals surface area contributed by atoms with Crippen molar-refractivity contribution in [3.8, 4) is 0 Å². The monoisotopic (exact) mass is 1170 g/mol. The number of carbonyl (C=O) groups excluding carboxylic acids is 2. The van der Waals surface area contributed by atoms with Gasteiger partial charge in [0.05, 0.1) is 27.7 Å². The minimum Gasteiger partial charge on any atom is -0.462 e. The molecule has 0 aromatic heterocycles. The lowest BCUT2D eigenvalue weighted by molar-refractivity contribution is -0.870. The third-order valence-electron chi connectivity index (χ3n) is 15.2. The third kappa shape index (κ3) is 66.6. The summed E-state index contributed by atoms with van der Waals surface area (Å²) in [6.45, 7) is 4.34. The first-order valence-electron chi connectivity index (χ1n) is 34.7. The highest BCUT2D eigenvalue weighted by Gasteiger charge is 2.27. The summed E-state index contributed by atoms with van der Waals surface area (Å²) in [5, 5.41) is 0. The predicted molar refractivity (Wildman–Crippen MR) is 353 cm³/mol. The number of likely N-dealkylation sites (N-methyl/N-ethyl adjacent to an activating group) is 1. The van der Waals surface area contributed by atoms with Crippen molar-refractivity contribution in [1.82, 2.24) is 0 Å². The van der Waals surface area contributed by atoms with Crippen LogP contribution in [-0.4, -0.2) is 74.9 Å². The zero-order valence-electron chi connectivity index (χ0n) is 54.5. The van der Waals surface area contributed by atoms with Gasteiger partial charge in [-0.2, -0.15) is 0 Å². The molecule has 0 saturated heterocycles. The maximum Gasteiger partial charge on any atom is 0.472 e. The molecular weight excluding hydrogens is 1040 g/mol. The van der Waals surface area contributed by atoms with Gasteiger partial charge < -0.3 is 18.9 Å². The number of unbranched alkanes of at least 4 members (excludes halogenated alkanes) is 38. The Bertz CT molecular complexity index is 1610. The van der Waals surface area contributed by atoms with Gasteiger partial charge in [0.2, 0.25) is 0 Å². The SMILES string of the molecule is CC/C=C\C/C=C\C/C=C\C/C=C\C/C=C\CCCCCCCCCC(=O)OC(COC(=O)CCCCCCCCCCCCCCCCCCCCCCCCC/C=C\CCCCCCCCCC)COP(=O)(O)OCC[N+](C)(C)C. The van der Waals surface area contributed by atoms with E-state index in [0.717, 1.165) is 77.0 Å². The fourth-order valence-electron chi connectivity index (χ4n) is 9.92. The fourth-order valence-corrected chi connectivity index (χ4v) is 10.7. The Morgan fingerprint density at radius 3 is 1.05 bits per heavy atom. The van der Waals surface area contributed by atoms with Gasteiger partial charge in [0.15, 0.2) is 6.10 Å². The van der Waals surface area contributed by atoms with Gasteiger partial charge in [0.25, 0.3) is 0 Å². The van der Waals surface area contributed by atoms with Gasteiger partial charge in [-0.1, -0.05) is 299 Å². The van der Waals surface area contributed by atoms with Crippen molar-refractivity contribution in [3.05, 3.63) is 72.9 Å². The Balaban J connectivity index is 4.00. The average molecular weight is 1170 g/mol. The lowest BCUT2D eigenvalue weighted by Gasteiger charge is -2.24. The Labute approximate surface area is 508 Å². The molecule has 0 saturated carbocycles. The quantitative estimate of drug-likeness (QED) is 0.0211. The first-order chi connectivity index (χ1) is 40.0. The summed E-state index contributed by atoms with van der Waals surface area (Å²) >= 11 is 0. The van der Waals surface area contributed by atoms with E-state index in [9.17, 15) is 19.0 Å². The van der Waals surface area contributed by atoms with E-state index < -0.39 is 26.5 Å². The number of allylic oxidation sites excluding steroid dienone is 12. The normalized spacial score (nSPS) is 13.6. The lowest BCUT2D eigenvalue weighted by Crippen LogP contribution is -2.37. The average Bonchev–Trinajstić information content (AvgIpc) is 3.46. The molecule has 0 aliphatic carbocycles. The van der Waals surface area contributed by atoms with Crippen LogP contribution in [0.3, 0.4) is 0 Å². The zero-order chi connectivity index (χ0) is 59.8. The van der Waals surface area contributed by atoms with Crippen molar-refractivity contribution in [1.29, 1.82) is 0 Å². The number of hydrogen-bond acceptors (Lipinski definition) is 7. The molecule has 0 amide bonds. The maximum absolute atomic E-state index is 12.9. The molecule has 478 valence electrons. The van der Waals surface area contributed by atoms with Crippen LogP contribution < -0.4 is 0 Å². The van der Waals surface area contributed by atoms with E-state index in [1.54, 1.807) is 0 Å². The molecule has 0 aromatic carbocycles. The number of phosphoric ester groups is 1. The van der Waals surface area contributed by atoms with E-state index in [1.807, 2.05) is 21.1 Å². The predicted octanol–water partition coefficient (Wildman–Crippen LogP) is 22.4. The summed E-state index contributed by atoms with van der Waals surface area (Å²) in [7, 11) is 1.47. The van der Waals surface area contributed by atoms with Gasteiger partial charge >= 0.3 is 19.8 Å². The minimum atomic E-state index is -4.40. The van der Waals surface area contributed by atoms with Gasteiger partial charge in [-0.15, -0.1) is 0 Å². The molecule has 0 aromatic rings.